The summed E-state index contributed by atoms with van der Waals surface area (Å²) >= 11 is 0. The zero-order chi connectivity index (χ0) is 10.8. The van der Waals surface area contributed by atoms with Gasteiger partial charge < -0.3 is 5.32 Å². The molecule has 1 aromatic carbocycles. The highest BCUT2D eigenvalue weighted by atomic mass is 15.0. The van der Waals surface area contributed by atoms with Crippen LogP contribution >= 0.6 is 0 Å². The van der Waals surface area contributed by atoms with Gasteiger partial charge in [-0.15, -0.1) is 0 Å². The number of amidine groups is 1. The molecule has 1 aromatic heterocycles. The van der Waals surface area contributed by atoms with E-state index in [0.29, 0.717) is 0 Å². The first-order valence-electron chi connectivity index (χ1n) is 5.24. The number of benzene rings is 1. The van der Waals surface area contributed by atoms with Crippen molar-refractivity contribution in [3.8, 4) is 0 Å². The third kappa shape index (κ3) is 1.56. The van der Waals surface area contributed by atoms with Gasteiger partial charge in [-0.05, 0) is 23.8 Å². The van der Waals surface area contributed by atoms with Crippen LogP contribution in [0.25, 0.3) is 0 Å². The van der Waals surface area contributed by atoms with Gasteiger partial charge in [-0.2, -0.15) is 0 Å². The lowest BCUT2D eigenvalue weighted by Gasteiger charge is -2.17. The van der Waals surface area contributed by atoms with Gasteiger partial charge in [0.25, 0.3) is 0 Å². The van der Waals surface area contributed by atoms with E-state index in [2.05, 4.69) is 21.4 Å². The maximum absolute atomic E-state index is 4.59. The van der Waals surface area contributed by atoms with Crippen molar-refractivity contribution in [3.63, 3.8) is 0 Å². The standard InChI is InChI=1S/C13H11N3/c1-2-4-12-11(3-1)9-15-13(16-12)10-5-7-14-8-6-10/h1-8H,9H2,(H,15,16). The molecule has 0 atom stereocenters. The Morgan fingerprint density at radius 3 is 2.69 bits per heavy atom. The Labute approximate surface area is 93.9 Å². The van der Waals surface area contributed by atoms with Crippen molar-refractivity contribution in [2.45, 2.75) is 6.54 Å². The minimum atomic E-state index is 0.831. The Hall–Kier alpha value is -2.16. The number of fused-ring (bicyclic) bond motifs is 1. The Kier molecular flexibility index (Phi) is 2.14. The van der Waals surface area contributed by atoms with Gasteiger partial charge in [0.05, 0.1) is 5.69 Å². The number of nitrogens with zero attached hydrogens (tertiary/aromatic N) is 2. The van der Waals surface area contributed by atoms with Crippen molar-refractivity contribution in [1.82, 2.24) is 10.3 Å². The van der Waals surface area contributed by atoms with Crippen molar-refractivity contribution >= 4 is 11.5 Å². The Morgan fingerprint density at radius 1 is 1.00 bits per heavy atom. The predicted molar refractivity (Wildman–Crippen MR) is 63.7 cm³/mol. The highest BCUT2D eigenvalue weighted by molar-refractivity contribution is 6.01. The van der Waals surface area contributed by atoms with E-state index in [1.165, 1.54) is 5.56 Å². The van der Waals surface area contributed by atoms with Gasteiger partial charge in [0.15, 0.2) is 0 Å². The SMILES string of the molecule is c1ccc2c(c1)CNC(c1ccncc1)=N2. The van der Waals surface area contributed by atoms with Crippen LogP contribution in [0.3, 0.4) is 0 Å². The minimum Gasteiger partial charge on any atom is -0.365 e. The molecule has 0 spiro atoms. The van der Waals surface area contributed by atoms with Crippen LogP contribution in [0.15, 0.2) is 53.8 Å². The summed E-state index contributed by atoms with van der Waals surface area (Å²) < 4.78 is 0. The van der Waals surface area contributed by atoms with E-state index >= 15 is 0 Å². The van der Waals surface area contributed by atoms with Crippen molar-refractivity contribution in [2.24, 2.45) is 4.99 Å². The molecule has 3 rings (SSSR count). The first-order valence-corrected chi connectivity index (χ1v) is 5.24. The second-order valence-electron chi connectivity index (χ2n) is 3.68. The molecule has 1 aliphatic heterocycles. The van der Waals surface area contributed by atoms with Crippen molar-refractivity contribution in [3.05, 3.63) is 59.9 Å². The van der Waals surface area contributed by atoms with Crippen molar-refractivity contribution < 1.29 is 0 Å². The summed E-state index contributed by atoms with van der Waals surface area (Å²) in [6.45, 7) is 0.831. The summed E-state index contributed by atoms with van der Waals surface area (Å²) in [5, 5.41) is 3.31. The average Bonchev–Trinajstić information content (AvgIpc) is 2.39. The molecule has 1 aliphatic rings. The molecule has 3 nitrogen and oxygen atoms in total. The van der Waals surface area contributed by atoms with Gasteiger partial charge in [-0.1, -0.05) is 18.2 Å². The lowest BCUT2D eigenvalue weighted by Crippen LogP contribution is -2.26. The molecule has 0 fully saturated rings. The second kappa shape index (κ2) is 3.77. The van der Waals surface area contributed by atoms with E-state index in [9.17, 15) is 0 Å². The summed E-state index contributed by atoms with van der Waals surface area (Å²) in [5.74, 6) is 0.918. The molecule has 2 aromatic rings. The molecule has 0 unspecified atom stereocenters. The van der Waals surface area contributed by atoms with Gasteiger partial charge in [0.1, 0.15) is 5.84 Å². The molecule has 78 valence electrons. The molecule has 0 amide bonds. The van der Waals surface area contributed by atoms with Crippen LogP contribution in [0.4, 0.5) is 5.69 Å². The highest BCUT2D eigenvalue weighted by Gasteiger charge is 2.11. The molecule has 0 radical (unpaired) electrons. The predicted octanol–water partition coefficient (Wildman–Crippen LogP) is 2.26. The van der Waals surface area contributed by atoms with Crippen LogP contribution < -0.4 is 5.32 Å². The number of para-hydroxylation sites is 1. The zero-order valence-electron chi connectivity index (χ0n) is 8.72. The fourth-order valence-electron chi connectivity index (χ4n) is 1.78. The maximum atomic E-state index is 4.59. The average molecular weight is 209 g/mol. The first-order chi connectivity index (χ1) is 7.93. The summed E-state index contributed by atoms with van der Waals surface area (Å²) in [7, 11) is 0. The number of hydrogen-bond acceptors (Lipinski definition) is 3. The van der Waals surface area contributed by atoms with Crippen molar-refractivity contribution in [2.75, 3.05) is 0 Å². The molecule has 0 saturated carbocycles. The highest BCUT2D eigenvalue weighted by Crippen LogP contribution is 2.22. The van der Waals surface area contributed by atoms with Crippen LogP contribution in [0.5, 0.6) is 0 Å². The number of aliphatic imine (C=N–C) groups is 1. The van der Waals surface area contributed by atoms with Crippen molar-refractivity contribution in [1.29, 1.82) is 0 Å². The van der Waals surface area contributed by atoms with Gasteiger partial charge in [-0.3, -0.25) is 4.98 Å². The van der Waals surface area contributed by atoms with E-state index in [1.807, 2.05) is 30.3 Å². The third-order valence-corrected chi connectivity index (χ3v) is 2.62. The van der Waals surface area contributed by atoms with E-state index in [-0.39, 0.29) is 0 Å². The Balaban J connectivity index is 2.04. The summed E-state index contributed by atoms with van der Waals surface area (Å²) in [5.41, 5.74) is 3.36. The number of aromatic nitrogens is 1. The number of pyridine rings is 1. The molecule has 0 saturated heterocycles. The monoisotopic (exact) mass is 209 g/mol. The molecule has 16 heavy (non-hydrogen) atoms. The smallest absolute Gasteiger partial charge is 0.134 e. The summed E-state index contributed by atoms with van der Waals surface area (Å²) in [6.07, 6.45) is 3.56. The second-order valence-corrected chi connectivity index (χ2v) is 3.68. The van der Waals surface area contributed by atoms with E-state index < -0.39 is 0 Å². The molecule has 2 heterocycles. The Bertz CT molecular complexity index is 532. The minimum absolute atomic E-state index is 0.831. The van der Waals surface area contributed by atoms with Crippen LogP contribution in [0.1, 0.15) is 11.1 Å². The maximum Gasteiger partial charge on any atom is 0.134 e. The van der Waals surface area contributed by atoms with E-state index in [0.717, 1.165) is 23.6 Å². The Morgan fingerprint density at radius 2 is 1.81 bits per heavy atom. The quantitative estimate of drug-likeness (QED) is 0.782. The lowest BCUT2D eigenvalue weighted by atomic mass is 10.1. The topological polar surface area (TPSA) is 37.3 Å². The normalized spacial score (nSPS) is 13.6. The van der Waals surface area contributed by atoms with Crippen LogP contribution in [0.2, 0.25) is 0 Å². The molecule has 0 bridgehead atoms. The fraction of sp³-hybridized carbons (Fsp3) is 0.0769. The zero-order valence-corrected chi connectivity index (χ0v) is 8.72. The van der Waals surface area contributed by atoms with E-state index in [1.54, 1.807) is 12.4 Å². The number of rotatable bonds is 1. The van der Waals surface area contributed by atoms with Gasteiger partial charge >= 0.3 is 0 Å². The van der Waals surface area contributed by atoms with Crippen LogP contribution in [0, 0.1) is 0 Å². The van der Waals surface area contributed by atoms with Gasteiger partial charge in [0.2, 0.25) is 0 Å². The van der Waals surface area contributed by atoms with Crippen LogP contribution in [-0.2, 0) is 6.54 Å². The number of nitrogens with one attached hydrogen (secondary N) is 1. The van der Waals surface area contributed by atoms with Gasteiger partial charge in [0, 0.05) is 24.5 Å². The molecule has 3 heteroatoms. The molecule has 1 N–H and O–H groups in total. The third-order valence-electron chi connectivity index (χ3n) is 2.62. The first kappa shape index (κ1) is 9.09. The van der Waals surface area contributed by atoms with Crippen LogP contribution in [-0.4, -0.2) is 10.8 Å². The lowest BCUT2D eigenvalue weighted by molar-refractivity contribution is 0.892. The molecular weight excluding hydrogens is 198 g/mol. The molecular formula is C13H11N3. The van der Waals surface area contributed by atoms with Gasteiger partial charge in [-0.25, -0.2) is 4.99 Å². The largest absolute Gasteiger partial charge is 0.365 e. The fourth-order valence-corrected chi connectivity index (χ4v) is 1.78. The molecule has 0 aliphatic carbocycles. The summed E-state index contributed by atoms with van der Waals surface area (Å²) in [4.78, 5) is 8.60. The number of hydrogen-bond donors (Lipinski definition) is 1. The van der Waals surface area contributed by atoms with E-state index in [4.69, 9.17) is 0 Å². The summed E-state index contributed by atoms with van der Waals surface area (Å²) in [6, 6.07) is 12.1.